The fraction of sp³-hybridized carbons (Fsp3) is 0.808. The second kappa shape index (κ2) is 10.0. The Kier molecular flexibility index (Phi) is 7.15. The van der Waals surface area contributed by atoms with Crippen molar-refractivity contribution in [3.63, 3.8) is 0 Å². The van der Waals surface area contributed by atoms with Crippen molar-refractivity contribution in [2.24, 2.45) is 22.7 Å². The van der Waals surface area contributed by atoms with E-state index in [9.17, 15) is 14.7 Å². The number of aliphatic hydroxyl groups excluding tert-OH is 1. The van der Waals surface area contributed by atoms with Crippen LogP contribution in [0.4, 0.5) is 0 Å². The van der Waals surface area contributed by atoms with Crippen LogP contribution in [0.5, 0.6) is 0 Å². The molecule has 2 N–H and O–H groups in total. The van der Waals surface area contributed by atoms with E-state index in [1.54, 1.807) is 13.0 Å². The van der Waals surface area contributed by atoms with Gasteiger partial charge in [0.2, 0.25) is 5.91 Å². The zero-order valence-corrected chi connectivity index (χ0v) is 21.5. The van der Waals surface area contributed by atoms with Gasteiger partial charge in [0.05, 0.1) is 38.6 Å². The van der Waals surface area contributed by atoms with Gasteiger partial charge in [-0.1, -0.05) is 19.0 Å². The third-order valence-electron chi connectivity index (χ3n) is 9.28. The predicted octanol–water partition coefficient (Wildman–Crippen LogP) is 1.90. The summed E-state index contributed by atoms with van der Waals surface area (Å²) in [6.45, 7) is 9.37. The van der Waals surface area contributed by atoms with Crippen LogP contribution in [0.1, 0.15) is 62.2 Å². The Balaban J connectivity index is 1.23. The average molecular weight is 506 g/mol. The van der Waals surface area contributed by atoms with Crippen molar-refractivity contribution >= 4 is 11.8 Å². The number of ether oxygens (including phenoxy) is 3. The Morgan fingerprint density at radius 1 is 1.19 bits per heavy atom. The van der Waals surface area contributed by atoms with Crippen molar-refractivity contribution in [1.29, 1.82) is 0 Å². The molecule has 0 radical (unpaired) electrons. The molecule has 7 atom stereocenters. The lowest BCUT2D eigenvalue weighted by Gasteiger charge is -2.63. The molecule has 200 valence electrons. The molecule has 10 nitrogen and oxygen atoms in total. The summed E-state index contributed by atoms with van der Waals surface area (Å²) in [5, 5.41) is 17.6. The van der Waals surface area contributed by atoms with E-state index in [0.29, 0.717) is 51.5 Å². The Morgan fingerprint density at radius 2 is 1.97 bits per heavy atom. The van der Waals surface area contributed by atoms with Crippen LogP contribution in [0.2, 0.25) is 0 Å². The van der Waals surface area contributed by atoms with E-state index in [4.69, 9.17) is 18.7 Å². The molecule has 1 aromatic rings. The normalized spacial score (nSPS) is 38.7. The van der Waals surface area contributed by atoms with Crippen molar-refractivity contribution in [3.8, 4) is 0 Å². The Bertz CT molecular complexity index is 963. The molecule has 36 heavy (non-hydrogen) atoms. The maximum absolute atomic E-state index is 13.1. The quantitative estimate of drug-likeness (QED) is 0.622. The third-order valence-corrected chi connectivity index (χ3v) is 9.28. The van der Waals surface area contributed by atoms with Gasteiger partial charge in [-0.15, -0.1) is 0 Å². The molecule has 1 aromatic heterocycles. The number of amides is 2. The molecule has 4 aliphatic rings. The van der Waals surface area contributed by atoms with Crippen LogP contribution >= 0.6 is 0 Å². The van der Waals surface area contributed by atoms with Crippen LogP contribution in [-0.2, 0) is 19.0 Å². The first-order chi connectivity index (χ1) is 17.2. The molecule has 2 saturated carbocycles. The average Bonchev–Trinajstić information content (AvgIpc) is 3.31. The van der Waals surface area contributed by atoms with Gasteiger partial charge in [0, 0.05) is 31.0 Å². The number of aryl methyl sites for hydroxylation is 1. The Labute approximate surface area is 212 Å². The van der Waals surface area contributed by atoms with E-state index >= 15 is 0 Å². The zero-order chi connectivity index (χ0) is 25.5. The van der Waals surface area contributed by atoms with Crippen molar-refractivity contribution in [2.75, 3.05) is 39.5 Å². The molecule has 2 aliphatic carbocycles. The molecule has 10 heteroatoms. The Morgan fingerprint density at radius 3 is 2.69 bits per heavy atom. The van der Waals surface area contributed by atoms with E-state index in [-0.39, 0.29) is 52.8 Å². The lowest BCUT2D eigenvalue weighted by molar-refractivity contribution is -0.306. The van der Waals surface area contributed by atoms with Gasteiger partial charge in [-0.05, 0) is 49.9 Å². The van der Waals surface area contributed by atoms with Crippen LogP contribution in [0.15, 0.2) is 10.6 Å². The fourth-order valence-corrected chi connectivity index (χ4v) is 7.26. The van der Waals surface area contributed by atoms with Crippen LogP contribution in [0.3, 0.4) is 0 Å². The van der Waals surface area contributed by atoms with Crippen molar-refractivity contribution in [2.45, 2.75) is 71.4 Å². The largest absolute Gasteiger partial charge is 0.393 e. The monoisotopic (exact) mass is 505 g/mol. The highest BCUT2D eigenvalue weighted by Crippen LogP contribution is 2.62. The number of carbonyl (C=O) groups is 2. The summed E-state index contributed by atoms with van der Waals surface area (Å²) in [5.74, 6) is 0.549. The number of carbonyl (C=O) groups excluding carboxylic acids is 2. The number of nitrogens with one attached hydrogen (secondary N) is 1. The minimum Gasteiger partial charge on any atom is -0.393 e. The molecular weight excluding hydrogens is 466 g/mol. The number of nitrogens with zero attached hydrogens (tertiary/aromatic N) is 2. The summed E-state index contributed by atoms with van der Waals surface area (Å²) in [7, 11) is 0. The summed E-state index contributed by atoms with van der Waals surface area (Å²) < 4.78 is 22.9. The fourth-order valence-electron chi connectivity index (χ4n) is 7.26. The third kappa shape index (κ3) is 4.68. The highest BCUT2D eigenvalue weighted by Gasteiger charge is 2.61. The lowest BCUT2D eigenvalue weighted by Crippen LogP contribution is -2.63. The molecule has 0 spiro atoms. The van der Waals surface area contributed by atoms with Gasteiger partial charge < -0.3 is 34.1 Å². The number of morpholine rings is 1. The van der Waals surface area contributed by atoms with Gasteiger partial charge in [-0.3, -0.25) is 9.59 Å². The second-order valence-electron chi connectivity index (χ2n) is 11.4. The first kappa shape index (κ1) is 25.6. The first-order valence-electron chi connectivity index (χ1n) is 13.2. The maximum atomic E-state index is 13.1. The second-order valence-corrected chi connectivity index (χ2v) is 11.4. The predicted molar refractivity (Wildman–Crippen MR) is 128 cm³/mol. The molecule has 5 rings (SSSR count). The van der Waals surface area contributed by atoms with Crippen LogP contribution in [0, 0.1) is 29.6 Å². The maximum Gasteiger partial charge on any atom is 0.273 e. The van der Waals surface area contributed by atoms with Crippen molar-refractivity contribution in [1.82, 2.24) is 15.4 Å². The van der Waals surface area contributed by atoms with Gasteiger partial charge in [-0.2, -0.15) is 0 Å². The van der Waals surface area contributed by atoms with Gasteiger partial charge in [0.1, 0.15) is 5.76 Å². The minimum atomic E-state index is -0.530. The standard InChI is InChI=1S/C26H39N3O7/c1-16-12-18(28-36-16)24(32)27-14-23-34-15-26(3)20-5-4-19(30)17(25(20,2)7-6-21(26)35-23)13-22(31)29-8-10-33-11-9-29/h12,17,19-21,23,30H,4-11,13-15H2,1-3H3,(H,27,32)/t17-,19-,20+,21-,23-,25+,26+/m1/s1. The topological polar surface area (TPSA) is 123 Å². The summed E-state index contributed by atoms with van der Waals surface area (Å²) in [6.07, 6.45) is 2.62. The molecule has 0 aromatic carbocycles. The SMILES string of the molecule is Cc1cc(C(=O)NC[C@@H]2OC[C@@]3(C)[C@H]4CC[C@@H](O)[C@@H](CC(=O)N5CCOCC5)[C@]4(C)CC[C@H]3O2)no1. The molecule has 0 bridgehead atoms. The number of aromatic nitrogens is 1. The van der Waals surface area contributed by atoms with Crippen LogP contribution < -0.4 is 5.32 Å². The number of hydrogen-bond donors (Lipinski definition) is 2. The number of aliphatic hydroxyl groups is 1. The lowest BCUT2D eigenvalue weighted by atomic mass is 9.46. The van der Waals surface area contributed by atoms with E-state index in [1.165, 1.54) is 0 Å². The van der Waals surface area contributed by atoms with Crippen LogP contribution in [-0.4, -0.2) is 84.9 Å². The first-order valence-corrected chi connectivity index (χ1v) is 13.2. The highest BCUT2D eigenvalue weighted by atomic mass is 16.7. The van der Waals surface area contributed by atoms with Gasteiger partial charge in [0.25, 0.3) is 5.91 Å². The smallest absolute Gasteiger partial charge is 0.273 e. The van der Waals surface area contributed by atoms with E-state index in [2.05, 4.69) is 24.3 Å². The summed E-state index contributed by atoms with van der Waals surface area (Å²) in [5.41, 5.74) is -0.166. The summed E-state index contributed by atoms with van der Waals surface area (Å²) in [6, 6.07) is 1.59. The van der Waals surface area contributed by atoms with E-state index < -0.39 is 12.4 Å². The Hall–Kier alpha value is -2.01. The van der Waals surface area contributed by atoms with Crippen molar-refractivity contribution < 1.29 is 33.4 Å². The van der Waals surface area contributed by atoms with Gasteiger partial charge >= 0.3 is 0 Å². The summed E-state index contributed by atoms with van der Waals surface area (Å²) in [4.78, 5) is 27.3. The van der Waals surface area contributed by atoms with Gasteiger partial charge in [-0.25, -0.2) is 0 Å². The van der Waals surface area contributed by atoms with Gasteiger partial charge in [0.15, 0.2) is 12.0 Å². The molecule has 0 unspecified atom stereocenters. The molecule has 2 amide bonds. The molecular formula is C26H39N3O7. The minimum absolute atomic E-state index is 0.00800. The molecule has 2 aliphatic heterocycles. The van der Waals surface area contributed by atoms with E-state index in [1.807, 2.05) is 4.90 Å². The molecule has 4 fully saturated rings. The van der Waals surface area contributed by atoms with Crippen molar-refractivity contribution in [3.05, 3.63) is 17.5 Å². The number of hydrogen-bond acceptors (Lipinski definition) is 8. The van der Waals surface area contributed by atoms with Crippen LogP contribution in [0.25, 0.3) is 0 Å². The molecule has 3 heterocycles. The number of rotatable bonds is 5. The molecule has 2 saturated heterocycles. The number of fused-ring (bicyclic) bond motifs is 3. The van der Waals surface area contributed by atoms with E-state index in [0.717, 1.165) is 19.3 Å². The summed E-state index contributed by atoms with van der Waals surface area (Å²) >= 11 is 0. The zero-order valence-electron chi connectivity index (χ0n) is 21.5. The highest BCUT2D eigenvalue weighted by molar-refractivity contribution is 5.92.